The highest BCUT2D eigenvalue weighted by molar-refractivity contribution is 9.09. The van der Waals surface area contributed by atoms with Crippen molar-refractivity contribution in [3.05, 3.63) is 18.3 Å². The Hall–Kier alpha value is -0.440. The van der Waals surface area contributed by atoms with E-state index in [1.54, 1.807) is 0 Å². The summed E-state index contributed by atoms with van der Waals surface area (Å²) in [4.78, 5) is 3.00. The van der Waals surface area contributed by atoms with E-state index in [-0.39, 0.29) is 0 Å². The Labute approximate surface area is 56.4 Å². The van der Waals surface area contributed by atoms with Crippen molar-refractivity contribution in [3.8, 4) is 0 Å². The first-order chi connectivity index (χ1) is 3.93. The number of rotatable bonds is 2. The highest BCUT2D eigenvalue weighted by Crippen LogP contribution is 2.00. The van der Waals surface area contributed by atoms with E-state index in [1.165, 1.54) is 0 Å². The SMILES string of the molecule is BrCNc1ccc[nH]1. The van der Waals surface area contributed by atoms with Crippen molar-refractivity contribution in [3.63, 3.8) is 0 Å². The van der Waals surface area contributed by atoms with E-state index in [4.69, 9.17) is 0 Å². The van der Waals surface area contributed by atoms with Crippen LogP contribution in [0, 0.1) is 0 Å². The summed E-state index contributed by atoms with van der Waals surface area (Å²) < 4.78 is 0. The van der Waals surface area contributed by atoms with Crippen LogP contribution in [0.1, 0.15) is 0 Å². The first-order valence-corrected chi connectivity index (χ1v) is 3.49. The number of hydrogen-bond acceptors (Lipinski definition) is 1. The molecule has 0 amide bonds. The summed E-state index contributed by atoms with van der Waals surface area (Å²) in [6, 6.07) is 3.92. The van der Waals surface area contributed by atoms with E-state index in [9.17, 15) is 0 Å². The van der Waals surface area contributed by atoms with Crippen molar-refractivity contribution in [2.24, 2.45) is 0 Å². The van der Waals surface area contributed by atoms with Crippen molar-refractivity contribution in [1.29, 1.82) is 0 Å². The van der Waals surface area contributed by atoms with E-state index in [0.29, 0.717) is 0 Å². The normalized spacial score (nSPS) is 9.12. The molecule has 1 heterocycles. The Morgan fingerprint density at radius 3 is 3.12 bits per heavy atom. The van der Waals surface area contributed by atoms with Crippen molar-refractivity contribution in [2.45, 2.75) is 0 Å². The second-order valence-corrected chi connectivity index (χ2v) is 1.95. The van der Waals surface area contributed by atoms with Gasteiger partial charge in [0.15, 0.2) is 0 Å². The predicted octanol–water partition coefficient (Wildman–Crippen LogP) is 1.78. The average Bonchev–Trinajstić information content (AvgIpc) is 2.19. The van der Waals surface area contributed by atoms with Gasteiger partial charge in [-0.1, -0.05) is 15.9 Å². The number of hydrogen-bond donors (Lipinski definition) is 2. The Morgan fingerprint density at radius 1 is 1.75 bits per heavy atom. The fraction of sp³-hybridized carbons (Fsp3) is 0.200. The molecule has 2 nitrogen and oxygen atoms in total. The van der Waals surface area contributed by atoms with Crippen LogP contribution >= 0.6 is 15.9 Å². The van der Waals surface area contributed by atoms with Crippen LogP contribution in [0.5, 0.6) is 0 Å². The summed E-state index contributed by atoms with van der Waals surface area (Å²) in [5.41, 5.74) is 0.785. The van der Waals surface area contributed by atoms with Crippen molar-refractivity contribution < 1.29 is 0 Å². The van der Waals surface area contributed by atoms with Crippen molar-refractivity contribution in [2.75, 3.05) is 10.8 Å². The summed E-state index contributed by atoms with van der Waals surface area (Å²) >= 11 is 3.24. The summed E-state index contributed by atoms with van der Waals surface area (Å²) in [6.45, 7) is 0. The minimum absolute atomic E-state index is 0.785. The molecule has 1 aromatic heterocycles. The Balaban J connectivity index is 2.50. The molecule has 0 saturated carbocycles. The topological polar surface area (TPSA) is 27.8 Å². The van der Waals surface area contributed by atoms with Gasteiger partial charge < -0.3 is 10.3 Å². The molecule has 0 aromatic carbocycles. The molecule has 0 saturated heterocycles. The number of anilines is 1. The Bertz CT molecular complexity index is 136. The number of halogens is 1. The van der Waals surface area contributed by atoms with Gasteiger partial charge in [0.05, 0.1) is 5.45 Å². The van der Waals surface area contributed by atoms with Gasteiger partial charge in [0.2, 0.25) is 0 Å². The van der Waals surface area contributed by atoms with E-state index < -0.39 is 0 Å². The zero-order valence-electron chi connectivity index (χ0n) is 4.32. The van der Waals surface area contributed by atoms with Crippen LogP contribution in [0.2, 0.25) is 0 Å². The first kappa shape index (κ1) is 5.69. The maximum atomic E-state index is 3.24. The van der Waals surface area contributed by atoms with Gasteiger partial charge in [-0.2, -0.15) is 0 Å². The van der Waals surface area contributed by atoms with E-state index >= 15 is 0 Å². The zero-order chi connectivity index (χ0) is 5.82. The molecular weight excluding hydrogens is 168 g/mol. The number of alkyl halides is 1. The number of aromatic nitrogens is 1. The molecule has 0 aliphatic carbocycles. The molecule has 0 atom stereocenters. The van der Waals surface area contributed by atoms with Crippen LogP contribution in [0.3, 0.4) is 0 Å². The third kappa shape index (κ3) is 1.26. The monoisotopic (exact) mass is 174 g/mol. The van der Waals surface area contributed by atoms with Gasteiger partial charge in [-0.25, -0.2) is 0 Å². The standard InChI is InChI=1S/C5H7BrN2/c6-4-8-5-2-1-3-7-5/h1-3,7-8H,4H2. The molecule has 0 aliphatic rings. The van der Waals surface area contributed by atoms with Crippen LogP contribution in [-0.4, -0.2) is 10.4 Å². The van der Waals surface area contributed by atoms with E-state index in [2.05, 4.69) is 26.2 Å². The Kier molecular flexibility index (Phi) is 1.97. The molecule has 2 N–H and O–H groups in total. The van der Waals surface area contributed by atoms with E-state index in [0.717, 1.165) is 11.3 Å². The smallest absolute Gasteiger partial charge is 0.103 e. The minimum atomic E-state index is 0.785. The largest absolute Gasteiger partial charge is 0.362 e. The second kappa shape index (κ2) is 2.77. The van der Waals surface area contributed by atoms with Crippen LogP contribution in [0.15, 0.2) is 18.3 Å². The molecule has 0 bridgehead atoms. The van der Waals surface area contributed by atoms with Gasteiger partial charge >= 0.3 is 0 Å². The lowest BCUT2D eigenvalue weighted by molar-refractivity contribution is 1.34. The molecule has 8 heavy (non-hydrogen) atoms. The first-order valence-electron chi connectivity index (χ1n) is 2.36. The fourth-order valence-corrected chi connectivity index (χ4v) is 0.814. The molecule has 44 valence electrons. The van der Waals surface area contributed by atoms with Crippen LogP contribution in [0.25, 0.3) is 0 Å². The van der Waals surface area contributed by atoms with Gasteiger partial charge in [-0.3, -0.25) is 0 Å². The quantitative estimate of drug-likeness (QED) is 0.520. The van der Waals surface area contributed by atoms with E-state index in [1.807, 2.05) is 18.3 Å². The zero-order valence-corrected chi connectivity index (χ0v) is 5.90. The summed E-state index contributed by atoms with van der Waals surface area (Å²) in [5, 5.41) is 3.05. The number of aromatic amines is 1. The third-order valence-corrected chi connectivity index (χ3v) is 1.14. The average molecular weight is 175 g/mol. The molecule has 3 heteroatoms. The maximum Gasteiger partial charge on any atom is 0.103 e. The molecular formula is C5H7BrN2. The summed E-state index contributed by atoms with van der Waals surface area (Å²) in [6.07, 6.45) is 1.88. The molecule has 1 rings (SSSR count). The Morgan fingerprint density at radius 2 is 2.62 bits per heavy atom. The van der Waals surface area contributed by atoms with Crippen LogP contribution < -0.4 is 5.32 Å². The van der Waals surface area contributed by atoms with Gasteiger partial charge in [0.1, 0.15) is 5.82 Å². The summed E-state index contributed by atoms with van der Waals surface area (Å²) in [5.74, 6) is 1.04. The maximum absolute atomic E-state index is 3.24. The van der Waals surface area contributed by atoms with Gasteiger partial charge in [-0.15, -0.1) is 0 Å². The van der Waals surface area contributed by atoms with Crippen molar-refractivity contribution in [1.82, 2.24) is 4.98 Å². The van der Waals surface area contributed by atoms with Crippen molar-refractivity contribution >= 4 is 21.7 Å². The van der Waals surface area contributed by atoms with Crippen LogP contribution in [0.4, 0.5) is 5.82 Å². The highest BCUT2D eigenvalue weighted by atomic mass is 79.9. The molecule has 0 spiro atoms. The van der Waals surface area contributed by atoms with Gasteiger partial charge in [0.25, 0.3) is 0 Å². The molecule has 0 fully saturated rings. The summed E-state index contributed by atoms with van der Waals surface area (Å²) in [7, 11) is 0. The lowest BCUT2D eigenvalue weighted by atomic mass is 10.6. The number of H-pyrrole nitrogens is 1. The fourth-order valence-electron chi connectivity index (χ4n) is 0.512. The van der Waals surface area contributed by atoms with Gasteiger partial charge in [0, 0.05) is 6.20 Å². The molecule has 0 aliphatic heterocycles. The third-order valence-electron chi connectivity index (χ3n) is 0.855. The lowest BCUT2D eigenvalue weighted by Crippen LogP contribution is -1.92. The molecule has 1 aromatic rings. The van der Waals surface area contributed by atoms with Crippen LogP contribution in [-0.2, 0) is 0 Å². The minimum Gasteiger partial charge on any atom is -0.362 e. The highest BCUT2D eigenvalue weighted by Gasteiger charge is 1.83. The predicted molar refractivity (Wildman–Crippen MR) is 38.2 cm³/mol. The lowest BCUT2D eigenvalue weighted by Gasteiger charge is -1.93. The van der Waals surface area contributed by atoms with Gasteiger partial charge in [-0.05, 0) is 12.1 Å². The second-order valence-electron chi connectivity index (χ2n) is 1.39. The number of nitrogens with one attached hydrogen (secondary N) is 2. The molecule has 0 radical (unpaired) electrons. The molecule has 0 unspecified atom stereocenters.